The van der Waals surface area contributed by atoms with Crippen molar-refractivity contribution in [2.45, 2.75) is 13.8 Å². The van der Waals surface area contributed by atoms with E-state index in [1.165, 1.54) is 0 Å². The number of benzene rings is 2. The number of nitrogens with zero attached hydrogens (tertiary/aromatic N) is 1. The molecule has 0 unspecified atom stereocenters. The van der Waals surface area contributed by atoms with E-state index in [0.717, 1.165) is 33.7 Å². The molecule has 0 atom stereocenters. The summed E-state index contributed by atoms with van der Waals surface area (Å²) in [6, 6.07) is 11.7. The third-order valence-electron chi connectivity index (χ3n) is 3.07. The highest BCUT2D eigenvalue weighted by Gasteiger charge is 2.06. The van der Waals surface area contributed by atoms with E-state index in [2.05, 4.69) is 10.3 Å². The van der Waals surface area contributed by atoms with Gasteiger partial charge >= 0.3 is 0 Å². The minimum Gasteiger partial charge on any atom is -0.441 e. The van der Waals surface area contributed by atoms with Crippen molar-refractivity contribution in [3.05, 3.63) is 47.9 Å². The van der Waals surface area contributed by atoms with Gasteiger partial charge in [0.2, 0.25) is 0 Å². The molecule has 1 aromatic heterocycles. The van der Waals surface area contributed by atoms with Gasteiger partial charge in [-0.05, 0) is 36.8 Å². The molecular formula is C15H15N3O. The van der Waals surface area contributed by atoms with Crippen LogP contribution in [-0.2, 0) is 0 Å². The number of aryl methyl sites for hydroxylation is 2. The van der Waals surface area contributed by atoms with Crippen LogP contribution in [0.15, 0.2) is 40.8 Å². The van der Waals surface area contributed by atoms with Gasteiger partial charge in [-0.2, -0.15) is 0 Å². The summed E-state index contributed by atoms with van der Waals surface area (Å²) in [5.41, 5.74) is 11.3. The molecule has 0 saturated heterocycles. The van der Waals surface area contributed by atoms with Crippen LogP contribution in [0.1, 0.15) is 11.5 Å². The zero-order valence-corrected chi connectivity index (χ0v) is 10.9. The summed E-state index contributed by atoms with van der Waals surface area (Å²) in [4.78, 5) is 4.32. The number of hydrogen-bond donors (Lipinski definition) is 2. The Morgan fingerprint density at radius 3 is 2.79 bits per heavy atom. The quantitative estimate of drug-likeness (QED) is 0.682. The van der Waals surface area contributed by atoms with Gasteiger partial charge in [-0.3, -0.25) is 0 Å². The number of aromatic nitrogens is 1. The van der Waals surface area contributed by atoms with Gasteiger partial charge in [0.25, 0.3) is 0 Å². The minimum absolute atomic E-state index is 0.669. The minimum atomic E-state index is 0.669. The first-order valence-corrected chi connectivity index (χ1v) is 6.13. The van der Waals surface area contributed by atoms with E-state index in [0.29, 0.717) is 5.89 Å². The van der Waals surface area contributed by atoms with E-state index in [9.17, 15) is 0 Å². The molecule has 0 aliphatic heterocycles. The summed E-state index contributed by atoms with van der Waals surface area (Å²) in [6.45, 7) is 3.86. The Morgan fingerprint density at radius 1 is 1.16 bits per heavy atom. The van der Waals surface area contributed by atoms with E-state index >= 15 is 0 Å². The predicted octanol–water partition coefficient (Wildman–Crippen LogP) is 3.77. The summed E-state index contributed by atoms with van der Waals surface area (Å²) in [7, 11) is 0. The Kier molecular flexibility index (Phi) is 2.63. The molecule has 0 radical (unpaired) electrons. The van der Waals surface area contributed by atoms with Crippen LogP contribution >= 0.6 is 0 Å². The lowest BCUT2D eigenvalue weighted by Gasteiger charge is -2.12. The molecular weight excluding hydrogens is 238 g/mol. The molecule has 3 N–H and O–H groups in total. The van der Waals surface area contributed by atoms with Crippen LogP contribution < -0.4 is 11.1 Å². The fourth-order valence-corrected chi connectivity index (χ4v) is 2.13. The fourth-order valence-electron chi connectivity index (χ4n) is 2.13. The van der Waals surface area contributed by atoms with Gasteiger partial charge in [0.05, 0.1) is 11.4 Å². The number of rotatable bonds is 2. The smallest absolute Gasteiger partial charge is 0.192 e. The van der Waals surface area contributed by atoms with Gasteiger partial charge in [0.1, 0.15) is 5.52 Å². The van der Waals surface area contributed by atoms with Crippen molar-refractivity contribution >= 4 is 28.2 Å². The number of para-hydroxylation sites is 1. The van der Waals surface area contributed by atoms with Gasteiger partial charge < -0.3 is 15.5 Å². The van der Waals surface area contributed by atoms with Crippen LogP contribution in [0.3, 0.4) is 0 Å². The molecule has 3 rings (SSSR count). The first kappa shape index (κ1) is 11.6. The van der Waals surface area contributed by atoms with Gasteiger partial charge in [-0.15, -0.1) is 0 Å². The second kappa shape index (κ2) is 4.31. The number of hydrogen-bond acceptors (Lipinski definition) is 4. The summed E-state index contributed by atoms with van der Waals surface area (Å²) < 4.78 is 5.46. The van der Waals surface area contributed by atoms with E-state index in [-0.39, 0.29) is 0 Å². The molecule has 4 nitrogen and oxygen atoms in total. The largest absolute Gasteiger partial charge is 0.441 e. The average molecular weight is 253 g/mol. The Hall–Kier alpha value is -2.49. The van der Waals surface area contributed by atoms with Crippen molar-refractivity contribution in [1.29, 1.82) is 0 Å². The highest BCUT2D eigenvalue weighted by atomic mass is 16.3. The topological polar surface area (TPSA) is 64.1 Å². The Bertz CT molecular complexity index is 726. The molecule has 1 heterocycles. The molecule has 0 spiro atoms. The van der Waals surface area contributed by atoms with Crippen molar-refractivity contribution in [2.75, 3.05) is 11.1 Å². The zero-order chi connectivity index (χ0) is 13.4. The van der Waals surface area contributed by atoms with Crippen LogP contribution in [0.5, 0.6) is 0 Å². The third-order valence-corrected chi connectivity index (χ3v) is 3.07. The molecule has 19 heavy (non-hydrogen) atoms. The summed E-state index contributed by atoms with van der Waals surface area (Å²) in [6.07, 6.45) is 0. The number of anilines is 3. The standard InChI is InChI=1S/C15H15N3O/c1-9-4-3-5-12(16)15(9)18-11-6-7-14-13(8-11)17-10(2)19-14/h3-8,18H,16H2,1-2H3. The third kappa shape index (κ3) is 2.12. The SMILES string of the molecule is Cc1nc2cc(Nc3c(C)cccc3N)ccc2o1. The number of nitrogens with two attached hydrogens (primary N) is 1. The van der Waals surface area contributed by atoms with Crippen LogP contribution in [0, 0.1) is 13.8 Å². The monoisotopic (exact) mass is 253 g/mol. The fraction of sp³-hybridized carbons (Fsp3) is 0.133. The second-order valence-corrected chi connectivity index (χ2v) is 4.58. The van der Waals surface area contributed by atoms with E-state index in [4.69, 9.17) is 10.2 Å². The number of nitrogen functional groups attached to an aromatic ring is 1. The maximum atomic E-state index is 5.99. The molecule has 4 heteroatoms. The molecule has 96 valence electrons. The average Bonchev–Trinajstić information content (AvgIpc) is 2.73. The van der Waals surface area contributed by atoms with Gasteiger partial charge in [0, 0.05) is 12.6 Å². The lowest BCUT2D eigenvalue weighted by molar-refractivity contribution is 0.561. The molecule has 0 aliphatic carbocycles. The lowest BCUT2D eigenvalue weighted by atomic mass is 10.1. The Balaban J connectivity index is 2.01. The molecule has 2 aromatic carbocycles. The van der Waals surface area contributed by atoms with E-state index in [1.807, 2.05) is 50.2 Å². The van der Waals surface area contributed by atoms with Crippen molar-refractivity contribution in [3.8, 4) is 0 Å². The molecule has 0 amide bonds. The van der Waals surface area contributed by atoms with Crippen molar-refractivity contribution < 1.29 is 4.42 Å². The van der Waals surface area contributed by atoms with Crippen molar-refractivity contribution in [3.63, 3.8) is 0 Å². The summed E-state index contributed by atoms with van der Waals surface area (Å²) >= 11 is 0. The molecule has 0 bridgehead atoms. The zero-order valence-electron chi connectivity index (χ0n) is 10.9. The van der Waals surface area contributed by atoms with Crippen molar-refractivity contribution in [1.82, 2.24) is 4.98 Å². The molecule has 0 aliphatic rings. The molecule has 0 saturated carbocycles. The van der Waals surface area contributed by atoms with Gasteiger partial charge in [0.15, 0.2) is 11.5 Å². The maximum absolute atomic E-state index is 5.99. The highest BCUT2D eigenvalue weighted by molar-refractivity contribution is 5.82. The lowest BCUT2D eigenvalue weighted by Crippen LogP contribution is -1.98. The Labute approximate surface area is 111 Å². The van der Waals surface area contributed by atoms with Crippen LogP contribution in [0.4, 0.5) is 17.1 Å². The summed E-state index contributed by atoms with van der Waals surface area (Å²) in [5.74, 6) is 0.669. The Morgan fingerprint density at radius 2 is 2.00 bits per heavy atom. The van der Waals surface area contributed by atoms with Gasteiger partial charge in [-0.25, -0.2) is 4.98 Å². The first-order chi connectivity index (χ1) is 9.13. The van der Waals surface area contributed by atoms with Crippen LogP contribution in [0.25, 0.3) is 11.1 Å². The predicted molar refractivity (Wildman–Crippen MR) is 77.6 cm³/mol. The number of oxazole rings is 1. The normalized spacial score (nSPS) is 10.8. The van der Waals surface area contributed by atoms with Crippen LogP contribution in [-0.4, -0.2) is 4.98 Å². The van der Waals surface area contributed by atoms with Gasteiger partial charge in [-0.1, -0.05) is 12.1 Å². The molecule has 3 aromatic rings. The summed E-state index contributed by atoms with van der Waals surface area (Å²) in [5, 5.41) is 3.34. The number of fused-ring (bicyclic) bond motifs is 1. The van der Waals surface area contributed by atoms with Crippen molar-refractivity contribution in [2.24, 2.45) is 0 Å². The van der Waals surface area contributed by atoms with E-state index in [1.54, 1.807) is 0 Å². The second-order valence-electron chi connectivity index (χ2n) is 4.58. The molecule has 0 fully saturated rings. The number of nitrogens with one attached hydrogen (secondary N) is 1. The van der Waals surface area contributed by atoms with Crippen LogP contribution in [0.2, 0.25) is 0 Å². The maximum Gasteiger partial charge on any atom is 0.192 e. The highest BCUT2D eigenvalue weighted by Crippen LogP contribution is 2.28. The van der Waals surface area contributed by atoms with E-state index < -0.39 is 0 Å². The first-order valence-electron chi connectivity index (χ1n) is 6.13.